The van der Waals surface area contributed by atoms with E-state index in [2.05, 4.69) is 22.8 Å². The Morgan fingerprint density at radius 1 is 1.10 bits per heavy atom. The van der Waals surface area contributed by atoms with Crippen LogP contribution in [0.3, 0.4) is 0 Å². The number of hydrogen-bond donors (Lipinski definition) is 2. The molecule has 4 rings (SSSR count). The Morgan fingerprint density at radius 3 is 2.41 bits per heavy atom. The molecule has 4 atom stereocenters. The number of benzene rings is 2. The van der Waals surface area contributed by atoms with Gasteiger partial charge in [0.2, 0.25) is 5.91 Å². The molecule has 2 saturated heterocycles. The first kappa shape index (κ1) is 19.1. The standard InChI is InChI=1S/C23H22N4O2/c24-11-16-3-7-18(8-4-16)17-5-1-15(2-6-17)9-20(12-25)26-23(28)21-10-19-13-29-14-22(19)27-21/h1-8,19-22,27H,9-10,13-14H2,(H,26,28)/t19-,20-,21-,22+/m0/s1. The summed E-state index contributed by atoms with van der Waals surface area (Å²) in [6.45, 7) is 1.36. The minimum atomic E-state index is -0.568. The van der Waals surface area contributed by atoms with Crippen LogP contribution >= 0.6 is 0 Å². The van der Waals surface area contributed by atoms with E-state index in [4.69, 9.17) is 10.00 Å². The molecule has 2 N–H and O–H groups in total. The van der Waals surface area contributed by atoms with Gasteiger partial charge in [0.25, 0.3) is 0 Å². The molecule has 0 unspecified atom stereocenters. The fourth-order valence-electron chi connectivity index (χ4n) is 4.03. The maximum absolute atomic E-state index is 12.5. The third-order valence-electron chi connectivity index (χ3n) is 5.68. The molecule has 6 nitrogen and oxygen atoms in total. The summed E-state index contributed by atoms with van der Waals surface area (Å²) in [7, 11) is 0. The first-order valence-electron chi connectivity index (χ1n) is 9.79. The molecule has 146 valence electrons. The fraction of sp³-hybridized carbons (Fsp3) is 0.348. The van der Waals surface area contributed by atoms with Crippen molar-refractivity contribution in [1.82, 2.24) is 10.6 Å². The molecule has 0 saturated carbocycles. The van der Waals surface area contributed by atoms with Gasteiger partial charge in [0.05, 0.1) is 37.0 Å². The van der Waals surface area contributed by atoms with Gasteiger partial charge >= 0.3 is 0 Å². The van der Waals surface area contributed by atoms with Gasteiger partial charge in [0.1, 0.15) is 6.04 Å². The lowest BCUT2D eigenvalue weighted by molar-refractivity contribution is -0.123. The van der Waals surface area contributed by atoms with Crippen LogP contribution in [0.4, 0.5) is 0 Å². The molecule has 0 aromatic heterocycles. The van der Waals surface area contributed by atoms with E-state index in [9.17, 15) is 10.1 Å². The van der Waals surface area contributed by atoms with Gasteiger partial charge in [-0.15, -0.1) is 0 Å². The smallest absolute Gasteiger partial charge is 0.238 e. The highest BCUT2D eigenvalue weighted by Gasteiger charge is 2.40. The second-order valence-electron chi connectivity index (χ2n) is 7.64. The molecule has 2 fully saturated rings. The summed E-state index contributed by atoms with van der Waals surface area (Å²) in [4.78, 5) is 12.5. The molecule has 2 aromatic carbocycles. The molecule has 1 amide bonds. The lowest BCUT2D eigenvalue weighted by atomic mass is 10.00. The van der Waals surface area contributed by atoms with Crippen LogP contribution in [-0.2, 0) is 16.0 Å². The summed E-state index contributed by atoms with van der Waals surface area (Å²) in [6, 6.07) is 19.1. The Labute approximate surface area is 170 Å². The molecule has 29 heavy (non-hydrogen) atoms. The zero-order valence-corrected chi connectivity index (χ0v) is 16.0. The third kappa shape index (κ3) is 4.30. The number of nitriles is 2. The number of carbonyl (C=O) groups is 1. The second-order valence-corrected chi connectivity index (χ2v) is 7.64. The summed E-state index contributed by atoms with van der Waals surface area (Å²) >= 11 is 0. The number of nitrogens with zero attached hydrogens (tertiary/aromatic N) is 2. The summed E-state index contributed by atoms with van der Waals surface area (Å²) in [5.41, 5.74) is 3.69. The average molecular weight is 386 g/mol. The van der Waals surface area contributed by atoms with Gasteiger partial charge in [-0.1, -0.05) is 36.4 Å². The maximum atomic E-state index is 12.5. The van der Waals surface area contributed by atoms with Crippen molar-refractivity contribution in [2.75, 3.05) is 13.2 Å². The molecule has 0 bridgehead atoms. The molecule has 2 aliphatic heterocycles. The number of nitrogens with one attached hydrogen (secondary N) is 2. The van der Waals surface area contributed by atoms with Crippen molar-refractivity contribution in [3.8, 4) is 23.3 Å². The molecule has 6 heteroatoms. The Bertz CT molecular complexity index is 944. The molecule has 0 aliphatic carbocycles. The number of amides is 1. The monoisotopic (exact) mass is 386 g/mol. The van der Waals surface area contributed by atoms with E-state index >= 15 is 0 Å². The van der Waals surface area contributed by atoms with Crippen molar-refractivity contribution in [3.63, 3.8) is 0 Å². The largest absolute Gasteiger partial charge is 0.379 e. The predicted octanol–water partition coefficient (Wildman–Crippen LogP) is 2.15. The van der Waals surface area contributed by atoms with Gasteiger partial charge in [-0.25, -0.2) is 0 Å². The zero-order valence-electron chi connectivity index (χ0n) is 16.0. The van der Waals surface area contributed by atoms with Gasteiger partial charge in [0.15, 0.2) is 0 Å². The lowest BCUT2D eigenvalue weighted by Crippen LogP contribution is -2.47. The quantitative estimate of drug-likeness (QED) is 0.821. The summed E-state index contributed by atoms with van der Waals surface area (Å²) in [5, 5.41) is 24.6. The first-order chi connectivity index (χ1) is 14.2. The van der Waals surface area contributed by atoms with Gasteiger partial charge in [-0.05, 0) is 35.2 Å². The van der Waals surface area contributed by atoms with Crippen molar-refractivity contribution < 1.29 is 9.53 Å². The van der Waals surface area contributed by atoms with Crippen LogP contribution in [0.2, 0.25) is 0 Å². The maximum Gasteiger partial charge on any atom is 0.238 e. The lowest BCUT2D eigenvalue weighted by Gasteiger charge is -2.17. The van der Waals surface area contributed by atoms with Crippen molar-refractivity contribution in [2.24, 2.45) is 5.92 Å². The van der Waals surface area contributed by atoms with E-state index in [1.54, 1.807) is 12.1 Å². The van der Waals surface area contributed by atoms with Crippen LogP contribution in [0.1, 0.15) is 17.5 Å². The average Bonchev–Trinajstić information content (AvgIpc) is 3.36. The van der Waals surface area contributed by atoms with E-state index < -0.39 is 6.04 Å². The Balaban J connectivity index is 1.35. The zero-order chi connectivity index (χ0) is 20.2. The Hall–Kier alpha value is -3.19. The molecular formula is C23H22N4O2. The van der Waals surface area contributed by atoms with Crippen LogP contribution in [-0.4, -0.2) is 37.2 Å². The van der Waals surface area contributed by atoms with Crippen LogP contribution in [0.25, 0.3) is 11.1 Å². The third-order valence-corrected chi connectivity index (χ3v) is 5.68. The highest BCUT2D eigenvalue weighted by molar-refractivity contribution is 5.82. The minimum Gasteiger partial charge on any atom is -0.379 e. The van der Waals surface area contributed by atoms with Gasteiger partial charge in [-0.3, -0.25) is 4.79 Å². The predicted molar refractivity (Wildman–Crippen MR) is 107 cm³/mol. The SMILES string of the molecule is N#Cc1ccc(-c2ccc(C[C@@H](C#N)NC(=O)[C@@H]3C[C@H]4COC[C@H]4N3)cc2)cc1. The van der Waals surface area contributed by atoms with Crippen LogP contribution in [0.15, 0.2) is 48.5 Å². The van der Waals surface area contributed by atoms with E-state index in [0.29, 0.717) is 31.1 Å². The summed E-state index contributed by atoms with van der Waals surface area (Å²) in [5.74, 6) is 0.279. The fourth-order valence-corrected chi connectivity index (χ4v) is 4.03. The Kier molecular flexibility index (Phi) is 5.57. The molecule has 2 aromatic rings. The van der Waals surface area contributed by atoms with Crippen LogP contribution in [0.5, 0.6) is 0 Å². The second kappa shape index (κ2) is 8.45. The minimum absolute atomic E-state index is 0.111. The number of ether oxygens (including phenoxy) is 1. The number of rotatable bonds is 5. The summed E-state index contributed by atoms with van der Waals surface area (Å²) < 4.78 is 5.41. The van der Waals surface area contributed by atoms with Crippen LogP contribution < -0.4 is 10.6 Å². The van der Waals surface area contributed by atoms with Crippen LogP contribution in [0, 0.1) is 28.6 Å². The first-order valence-corrected chi connectivity index (χ1v) is 9.79. The van der Waals surface area contributed by atoms with Gasteiger partial charge < -0.3 is 15.4 Å². The van der Waals surface area contributed by atoms with Gasteiger partial charge in [-0.2, -0.15) is 10.5 Å². The summed E-state index contributed by atoms with van der Waals surface area (Å²) in [6.07, 6.45) is 1.21. The molecule has 2 aliphatic rings. The number of fused-ring (bicyclic) bond motifs is 1. The number of hydrogen-bond acceptors (Lipinski definition) is 5. The number of carbonyl (C=O) groups excluding carboxylic acids is 1. The highest BCUT2D eigenvalue weighted by atomic mass is 16.5. The topological polar surface area (TPSA) is 97.9 Å². The highest BCUT2D eigenvalue weighted by Crippen LogP contribution is 2.26. The van der Waals surface area contributed by atoms with E-state index in [1.165, 1.54) is 0 Å². The molecular weight excluding hydrogens is 364 g/mol. The Morgan fingerprint density at radius 2 is 1.79 bits per heavy atom. The van der Waals surface area contributed by atoms with Crippen molar-refractivity contribution in [2.45, 2.75) is 31.0 Å². The molecule has 0 radical (unpaired) electrons. The molecule has 0 spiro atoms. The van der Waals surface area contributed by atoms with Crippen molar-refractivity contribution in [1.29, 1.82) is 10.5 Å². The molecule has 2 heterocycles. The van der Waals surface area contributed by atoms with E-state index in [-0.39, 0.29) is 18.0 Å². The van der Waals surface area contributed by atoms with Gasteiger partial charge in [0, 0.05) is 18.4 Å². The van der Waals surface area contributed by atoms with Crippen molar-refractivity contribution in [3.05, 3.63) is 59.7 Å². The van der Waals surface area contributed by atoms with Crippen molar-refractivity contribution >= 4 is 5.91 Å². The normalized spacial score (nSPS) is 23.6. The van der Waals surface area contributed by atoms with E-state index in [1.807, 2.05) is 36.4 Å². The van der Waals surface area contributed by atoms with E-state index in [0.717, 1.165) is 23.1 Å².